The summed E-state index contributed by atoms with van der Waals surface area (Å²) in [6.45, 7) is 2.31. The van der Waals surface area contributed by atoms with Gasteiger partial charge in [0.15, 0.2) is 0 Å². The van der Waals surface area contributed by atoms with Crippen LogP contribution in [0.1, 0.15) is 29.6 Å². The minimum atomic E-state index is -5.08. The molecule has 1 aromatic rings. The zero-order valence-corrected chi connectivity index (χ0v) is 16.5. The Bertz CT molecular complexity index is 779. The minimum Gasteiger partial charge on any atom is -0.475 e. The summed E-state index contributed by atoms with van der Waals surface area (Å²) < 4.78 is 31.7. The van der Waals surface area contributed by atoms with Crippen molar-refractivity contribution in [2.75, 3.05) is 26.7 Å². The third-order valence-electron chi connectivity index (χ3n) is 5.89. The zero-order valence-electron chi connectivity index (χ0n) is 16.5. The predicted molar refractivity (Wildman–Crippen MR) is 99.6 cm³/mol. The maximum Gasteiger partial charge on any atom is 0.490 e. The van der Waals surface area contributed by atoms with Gasteiger partial charge in [-0.25, -0.2) is 4.79 Å². The standard InChI is InChI=1S/C17H24N4O2.C2HF3O2/c1-20-14(16(22)19-7-11-2-3-11)6-13-9-21(10-15(13)20)17(23)12-4-5-18-8-12;3-2(4,5)1(6)7/h4-5,8,11,13-15,18H,2-3,6-7,9-10H2,1H3,(H,19,22);(H,6,7)/t13-,14-,15+;/m0./s1. The molecule has 2 saturated heterocycles. The Hall–Kier alpha value is -2.56. The number of aliphatic carboxylic acids is 1. The lowest BCUT2D eigenvalue weighted by Crippen LogP contribution is -2.46. The number of nitrogens with zero attached hydrogens (tertiary/aromatic N) is 2. The Kier molecular flexibility index (Phi) is 6.39. The van der Waals surface area contributed by atoms with Crippen LogP contribution in [0.5, 0.6) is 0 Å². The van der Waals surface area contributed by atoms with E-state index in [4.69, 9.17) is 9.90 Å². The molecule has 0 aromatic carbocycles. The summed E-state index contributed by atoms with van der Waals surface area (Å²) in [7, 11) is 2.02. The van der Waals surface area contributed by atoms with Crippen LogP contribution in [0.25, 0.3) is 0 Å². The van der Waals surface area contributed by atoms with Crippen molar-refractivity contribution < 1.29 is 32.7 Å². The number of aromatic nitrogens is 1. The first-order chi connectivity index (χ1) is 14.1. The molecule has 3 atom stereocenters. The Morgan fingerprint density at radius 3 is 2.43 bits per heavy atom. The largest absolute Gasteiger partial charge is 0.490 e. The number of amides is 2. The van der Waals surface area contributed by atoms with Crippen LogP contribution in [-0.2, 0) is 9.59 Å². The van der Waals surface area contributed by atoms with Crippen molar-refractivity contribution in [3.63, 3.8) is 0 Å². The van der Waals surface area contributed by atoms with E-state index in [1.165, 1.54) is 12.8 Å². The van der Waals surface area contributed by atoms with Crippen LogP contribution in [0.2, 0.25) is 0 Å². The second-order valence-corrected chi connectivity index (χ2v) is 8.05. The summed E-state index contributed by atoms with van der Waals surface area (Å²) in [5.74, 6) is -1.40. The van der Waals surface area contributed by atoms with Crippen LogP contribution in [-0.4, -0.2) is 82.6 Å². The van der Waals surface area contributed by atoms with E-state index in [1.807, 2.05) is 18.0 Å². The van der Waals surface area contributed by atoms with Gasteiger partial charge in [-0.15, -0.1) is 0 Å². The van der Waals surface area contributed by atoms with Crippen molar-refractivity contribution in [2.24, 2.45) is 11.8 Å². The number of halogens is 3. The van der Waals surface area contributed by atoms with Crippen LogP contribution in [0.15, 0.2) is 18.5 Å². The Balaban J connectivity index is 0.000000318. The highest BCUT2D eigenvalue weighted by Gasteiger charge is 2.48. The lowest BCUT2D eigenvalue weighted by molar-refractivity contribution is -0.192. The number of carboxylic acids is 1. The molecule has 0 unspecified atom stereocenters. The zero-order chi connectivity index (χ0) is 22.1. The molecule has 1 aromatic heterocycles. The van der Waals surface area contributed by atoms with Crippen molar-refractivity contribution in [3.8, 4) is 0 Å². The number of likely N-dealkylation sites (tertiary alicyclic amines) is 2. The summed E-state index contributed by atoms with van der Waals surface area (Å²) >= 11 is 0. The number of hydrogen-bond acceptors (Lipinski definition) is 4. The van der Waals surface area contributed by atoms with Gasteiger partial charge < -0.3 is 20.3 Å². The molecule has 8 nitrogen and oxygen atoms in total. The molecule has 0 bridgehead atoms. The highest BCUT2D eigenvalue weighted by atomic mass is 19.4. The highest BCUT2D eigenvalue weighted by Crippen LogP contribution is 2.35. The van der Waals surface area contributed by atoms with E-state index in [0.717, 1.165) is 26.1 Å². The number of carboxylic acid groups (broad SMARTS) is 1. The van der Waals surface area contributed by atoms with Crippen molar-refractivity contribution in [3.05, 3.63) is 24.0 Å². The van der Waals surface area contributed by atoms with E-state index in [1.54, 1.807) is 12.4 Å². The maximum atomic E-state index is 12.5. The van der Waals surface area contributed by atoms with Crippen LogP contribution >= 0.6 is 0 Å². The number of alkyl halides is 3. The number of carbonyl (C=O) groups excluding carboxylic acids is 2. The van der Waals surface area contributed by atoms with E-state index in [-0.39, 0.29) is 17.9 Å². The van der Waals surface area contributed by atoms with Crippen LogP contribution in [0.3, 0.4) is 0 Å². The first kappa shape index (κ1) is 22.1. The molecule has 11 heteroatoms. The summed E-state index contributed by atoms with van der Waals surface area (Å²) in [5, 5.41) is 10.2. The van der Waals surface area contributed by atoms with E-state index in [9.17, 15) is 22.8 Å². The molecule has 1 aliphatic carbocycles. The quantitative estimate of drug-likeness (QED) is 0.668. The van der Waals surface area contributed by atoms with Gasteiger partial charge in [-0.1, -0.05) is 0 Å². The Labute approximate surface area is 171 Å². The molecule has 166 valence electrons. The number of aromatic amines is 1. The molecule has 1 saturated carbocycles. The number of fused-ring (bicyclic) bond motifs is 1. The first-order valence-electron chi connectivity index (χ1n) is 9.79. The van der Waals surface area contributed by atoms with Crippen molar-refractivity contribution in [2.45, 2.75) is 37.5 Å². The van der Waals surface area contributed by atoms with Crippen molar-refractivity contribution in [1.82, 2.24) is 20.1 Å². The number of carbonyl (C=O) groups is 3. The molecule has 3 fully saturated rings. The molecule has 3 N–H and O–H groups in total. The van der Waals surface area contributed by atoms with Gasteiger partial charge in [0.25, 0.3) is 5.91 Å². The van der Waals surface area contributed by atoms with Gasteiger partial charge in [0.05, 0.1) is 11.6 Å². The third kappa shape index (κ3) is 5.13. The fourth-order valence-corrected chi connectivity index (χ4v) is 4.01. The number of likely N-dealkylation sites (N-methyl/N-ethyl adjacent to an activating group) is 1. The lowest BCUT2D eigenvalue weighted by Gasteiger charge is -2.26. The normalized spacial score (nSPS) is 26.0. The summed E-state index contributed by atoms with van der Waals surface area (Å²) in [5.41, 5.74) is 0.714. The van der Waals surface area contributed by atoms with Crippen LogP contribution in [0.4, 0.5) is 13.2 Å². The average molecular weight is 430 g/mol. The van der Waals surface area contributed by atoms with Crippen molar-refractivity contribution in [1.29, 1.82) is 0 Å². The summed E-state index contributed by atoms with van der Waals surface area (Å²) in [6.07, 6.45) is 1.80. The predicted octanol–water partition coefficient (Wildman–Crippen LogP) is 1.32. The van der Waals surface area contributed by atoms with Gasteiger partial charge in [0.1, 0.15) is 0 Å². The number of hydrogen-bond donors (Lipinski definition) is 3. The van der Waals surface area contributed by atoms with E-state index in [0.29, 0.717) is 23.4 Å². The van der Waals surface area contributed by atoms with E-state index in [2.05, 4.69) is 15.2 Å². The van der Waals surface area contributed by atoms with Crippen molar-refractivity contribution >= 4 is 17.8 Å². The molecule has 3 aliphatic rings. The third-order valence-corrected chi connectivity index (χ3v) is 5.89. The molecule has 2 amide bonds. The molecule has 30 heavy (non-hydrogen) atoms. The fraction of sp³-hybridized carbons (Fsp3) is 0.632. The van der Waals surface area contributed by atoms with Gasteiger partial charge in [-0.05, 0) is 44.2 Å². The highest BCUT2D eigenvalue weighted by molar-refractivity contribution is 5.94. The van der Waals surface area contributed by atoms with Gasteiger partial charge in [-0.3, -0.25) is 14.5 Å². The topological polar surface area (TPSA) is 106 Å². The minimum absolute atomic E-state index is 0.0340. The lowest BCUT2D eigenvalue weighted by atomic mass is 10.0. The summed E-state index contributed by atoms with van der Waals surface area (Å²) in [4.78, 5) is 40.8. The van der Waals surface area contributed by atoms with Crippen LogP contribution in [0, 0.1) is 11.8 Å². The number of H-pyrrole nitrogens is 1. The van der Waals surface area contributed by atoms with Gasteiger partial charge in [0, 0.05) is 38.1 Å². The SMILES string of the molecule is CN1[C@@H]2CN(C(=O)c3cc[nH]c3)C[C@@H]2C[C@H]1C(=O)NCC1CC1.O=C(O)C(F)(F)F. The molecule has 4 rings (SSSR count). The van der Waals surface area contributed by atoms with Gasteiger partial charge >= 0.3 is 12.1 Å². The molecular formula is C19H25F3N4O4. The maximum absolute atomic E-state index is 12.5. The number of nitrogens with one attached hydrogen (secondary N) is 2. The van der Waals surface area contributed by atoms with E-state index < -0.39 is 12.1 Å². The Morgan fingerprint density at radius 2 is 1.93 bits per heavy atom. The average Bonchev–Trinajstić information content (AvgIpc) is 3.07. The smallest absolute Gasteiger partial charge is 0.475 e. The Morgan fingerprint density at radius 1 is 1.27 bits per heavy atom. The molecule has 2 aliphatic heterocycles. The summed E-state index contributed by atoms with van der Waals surface area (Å²) in [6, 6.07) is 2.08. The molecule has 0 spiro atoms. The second kappa shape index (κ2) is 8.66. The van der Waals surface area contributed by atoms with E-state index >= 15 is 0 Å². The van der Waals surface area contributed by atoms with Gasteiger partial charge in [-0.2, -0.15) is 13.2 Å². The monoisotopic (exact) mass is 430 g/mol. The van der Waals surface area contributed by atoms with Gasteiger partial charge in [0.2, 0.25) is 5.91 Å². The molecule has 0 radical (unpaired) electrons. The molecule has 3 heterocycles. The second-order valence-electron chi connectivity index (χ2n) is 8.05. The number of rotatable bonds is 4. The fourth-order valence-electron chi connectivity index (χ4n) is 4.01. The first-order valence-corrected chi connectivity index (χ1v) is 9.79. The molecular weight excluding hydrogens is 405 g/mol. The van der Waals surface area contributed by atoms with Crippen LogP contribution < -0.4 is 5.32 Å².